The van der Waals surface area contributed by atoms with Crippen molar-refractivity contribution in [3.05, 3.63) is 52.8 Å². The number of rotatable bonds is 5. The van der Waals surface area contributed by atoms with Crippen molar-refractivity contribution in [3.63, 3.8) is 0 Å². The van der Waals surface area contributed by atoms with E-state index in [2.05, 4.69) is 16.3 Å². The summed E-state index contributed by atoms with van der Waals surface area (Å²) in [5.41, 5.74) is 2.12. The number of nitrogens with zero attached hydrogens (tertiary/aromatic N) is 3. The largest absolute Gasteiger partial charge is 0.335 e. The fourth-order valence-corrected chi connectivity index (χ4v) is 2.94. The Hall–Kier alpha value is -2.45. The Labute approximate surface area is 146 Å². The van der Waals surface area contributed by atoms with Crippen LogP contribution in [0.15, 0.2) is 36.7 Å². The summed E-state index contributed by atoms with van der Waals surface area (Å²) in [7, 11) is 1.77. The Morgan fingerprint density at radius 2 is 2.42 bits per heavy atom. The fraction of sp³-hybridized carbons (Fsp3) is 0.333. The van der Waals surface area contributed by atoms with Crippen molar-refractivity contribution in [2.45, 2.75) is 31.5 Å². The summed E-state index contributed by atoms with van der Waals surface area (Å²) in [6.07, 6.45) is 9.79. The number of hydrogen-bond donors (Lipinski definition) is 1. The molecule has 0 spiro atoms. The number of halogens is 1. The van der Waals surface area contributed by atoms with Crippen molar-refractivity contribution in [1.82, 2.24) is 20.0 Å². The van der Waals surface area contributed by atoms with Crippen LogP contribution in [0.2, 0.25) is 5.02 Å². The third-order valence-electron chi connectivity index (χ3n) is 4.08. The molecule has 0 unspecified atom stereocenters. The molecule has 3 rings (SSSR count). The molecule has 0 radical (unpaired) electrons. The van der Waals surface area contributed by atoms with Crippen LogP contribution in [0.3, 0.4) is 0 Å². The second kappa shape index (κ2) is 6.98. The molecular weight excluding hydrogens is 324 g/mol. The Balaban J connectivity index is 1.51. The van der Waals surface area contributed by atoms with Crippen LogP contribution in [-0.2, 0) is 13.1 Å². The van der Waals surface area contributed by atoms with Gasteiger partial charge in [0.05, 0.1) is 12.7 Å². The first kappa shape index (κ1) is 16.4. The number of amides is 2. The van der Waals surface area contributed by atoms with E-state index in [-0.39, 0.29) is 12.1 Å². The van der Waals surface area contributed by atoms with Crippen molar-refractivity contribution in [1.29, 1.82) is 0 Å². The summed E-state index contributed by atoms with van der Waals surface area (Å²) >= 11 is 6.02. The zero-order valence-electron chi connectivity index (χ0n) is 13.4. The summed E-state index contributed by atoms with van der Waals surface area (Å²) in [5.74, 6) is 2.88. The standard InChI is InChI=1S/C18H19ClN4O/c1-3-7-23-12-13(10-20-23)11-22(2)18(24)21-17-9-16(17)14-5-4-6-15(19)8-14/h1,4-6,8,10,12,16-17H,7,9,11H2,2H3,(H,21,24)/t16-,17+/m1/s1. The van der Waals surface area contributed by atoms with Crippen molar-refractivity contribution >= 4 is 17.6 Å². The summed E-state index contributed by atoms with van der Waals surface area (Å²) < 4.78 is 1.68. The number of carbonyl (C=O) groups excluding carboxylic acids is 1. The lowest BCUT2D eigenvalue weighted by Crippen LogP contribution is -2.38. The number of hydrogen-bond acceptors (Lipinski definition) is 2. The quantitative estimate of drug-likeness (QED) is 0.849. The smallest absolute Gasteiger partial charge is 0.317 e. The average molecular weight is 343 g/mol. The van der Waals surface area contributed by atoms with Gasteiger partial charge >= 0.3 is 6.03 Å². The zero-order chi connectivity index (χ0) is 17.1. The molecule has 124 valence electrons. The van der Waals surface area contributed by atoms with Gasteiger partial charge in [-0.1, -0.05) is 29.7 Å². The van der Waals surface area contributed by atoms with Gasteiger partial charge in [-0.25, -0.2) is 4.79 Å². The van der Waals surface area contributed by atoms with Gasteiger partial charge in [0, 0.05) is 35.8 Å². The molecule has 0 bridgehead atoms. The maximum Gasteiger partial charge on any atom is 0.317 e. The highest BCUT2D eigenvalue weighted by Crippen LogP contribution is 2.41. The van der Waals surface area contributed by atoms with Crippen LogP contribution in [-0.4, -0.2) is 33.8 Å². The first-order valence-electron chi connectivity index (χ1n) is 7.78. The third kappa shape index (κ3) is 3.90. The molecule has 1 aliphatic carbocycles. The lowest BCUT2D eigenvalue weighted by atomic mass is 10.1. The fourth-order valence-electron chi connectivity index (χ4n) is 2.74. The van der Waals surface area contributed by atoms with Crippen molar-refractivity contribution in [3.8, 4) is 12.3 Å². The summed E-state index contributed by atoms with van der Waals surface area (Å²) in [6.45, 7) is 0.921. The molecule has 1 saturated carbocycles. The van der Waals surface area contributed by atoms with E-state index < -0.39 is 0 Å². The predicted octanol–water partition coefficient (Wildman–Crippen LogP) is 2.87. The Morgan fingerprint density at radius 1 is 1.58 bits per heavy atom. The highest BCUT2D eigenvalue weighted by atomic mass is 35.5. The molecule has 1 aromatic heterocycles. The highest BCUT2D eigenvalue weighted by molar-refractivity contribution is 6.30. The number of carbonyl (C=O) groups is 1. The molecule has 1 heterocycles. The van der Waals surface area contributed by atoms with E-state index in [1.807, 2.05) is 30.5 Å². The molecule has 1 aliphatic rings. The van der Waals surface area contributed by atoms with Crippen LogP contribution in [0.1, 0.15) is 23.5 Å². The van der Waals surface area contributed by atoms with Gasteiger partial charge < -0.3 is 10.2 Å². The van der Waals surface area contributed by atoms with E-state index in [9.17, 15) is 4.79 Å². The molecule has 1 aromatic carbocycles. The van der Waals surface area contributed by atoms with Crippen molar-refractivity contribution < 1.29 is 4.79 Å². The van der Waals surface area contributed by atoms with E-state index in [0.29, 0.717) is 19.0 Å². The molecule has 0 aliphatic heterocycles. The minimum Gasteiger partial charge on any atom is -0.335 e. The molecule has 2 aromatic rings. The average Bonchev–Trinajstić information content (AvgIpc) is 3.18. The summed E-state index contributed by atoms with van der Waals surface area (Å²) in [6, 6.07) is 7.88. The molecule has 2 atom stereocenters. The number of benzene rings is 1. The topological polar surface area (TPSA) is 50.2 Å². The lowest BCUT2D eigenvalue weighted by Gasteiger charge is -2.17. The van der Waals surface area contributed by atoms with Gasteiger partial charge in [0.2, 0.25) is 0 Å². The monoisotopic (exact) mass is 342 g/mol. The third-order valence-corrected chi connectivity index (χ3v) is 4.32. The predicted molar refractivity (Wildman–Crippen MR) is 93.7 cm³/mol. The van der Waals surface area contributed by atoms with Gasteiger partial charge in [-0.2, -0.15) is 5.10 Å². The van der Waals surface area contributed by atoms with Crippen LogP contribution in [0, 0.1) is 12.3 Å². The molecule has 5 nitrogen and oxygen atoms in total. The normalized spacial score (nSPS) is 18.7. The Morgan fingerprint density at radius 3 is 3.17 bits per heavy atom. The van der Waals surface area contributed by atoms with Gasteiger partial charge in [0.25, 0.3) is 0 Å². The van der Waals surface area contributed by atoms with Crippen LogP contribution < -0.4 is 5.32 Å². The number of aromatic nitrogens is 2. The van der Waals surface area contributed by atoms with Gasteiger partial charge in [-0.15, -0.1) is 6.42 Å². The number of urea groups is 1. The molecule has 6 heteroatoms. The van der Waals surface area contributed by atoms with E-state index >= 15 is 0 Å². The van der Waals surface area contributed by atoms with Gasteiger partial charge in [0.15, 0.2) is 0 Å². The first-order valence-corrected chi connectivity index (χ1v) is 8.16. The minimum absolute atomic E-state index is 0.0887. The molecule has 1 fully saturated rings. The molecule has 1 N–H and O–H groups in total. The lowest BCUT2D eigenvalue weighted by molar-refractivity contribution is 0.206. The van der Waals surface area contributed by atoms with E-state index in [4.69, 9.17) is 18.0 Å². The number of nitrogens with one attached hydrogen (secondary N) is 1. The van der Waals surface area contributed by atoms with Gasteiger partial charge in [-0.05, 0) is 24.1 Å². The zero-order valence-corrected chi connectivity index (χ0v) is 14.2. The van der Waals surface area contributed by atoms with Gasteiger partial charge in [-0.3, -0.25) is 4.68 Å². The van der Waals surface area contributed by atoms with E-state index in [1.165, 1.54) is 5.56 Å². The molecule has 24 heavy (non-hydrogen) atoms. The SMILES string of the molecule is C#CCn1cc(CN(C)C(=O)N[C@H]2C[C@@H]2c2cccc(Cl)c2)cn1. The Bertz CT molecular complexity index is 779. The maximum atomic E-state index is 12.3. The second-order valence-electron chi connectivity index (χ2n) is 6.06. The van der Waals surface area contributed by atoms with Gasteiger partial charge in [0.1, 0.15) is 6.54 Å². The minimum atomic E-state index is -0.0887. The summed E-state index contributed by atoms with van der Waals surface area (Å²) in [4.78, 5) is 13.9. The van der Waals surface area contributed by atoms with E-state index in [0.717, 1.165) is 17.0 Å². The molecule has 2 amide bonds. The molecule has 0 saturated heterocycles. The van der Waals surface area contributed by atoms with E-state index in [1.54, 1.807) is 22.8 Å². The Kier molecular flexibility index (Phi) is 4.77. The van der Waals surface area contributed by atoms with Crippen molar-refractivity contribution in [2.24, 2.45) is 0 Å². The van der Waals surface area contributed by atoms with Crippen LogP contribution in [0.5, 0.6) is 0 Å². The number of terminal acetylenes is 1. The maximum absolute atomic E-state index is 12.3. The second-order valence-corrected chi connectivity index (χ2v) is 6.50. The first-order chi connectivity index (χ1) is 11.6. The summed E-state index contributed by atoms with van der Waals surface area (Å²) in [5, 5.41) is 7.94. The van der Waals surface area contributed by atoms with Crippen LogP contribution in [0.4, 0.5) is 4.79 Å². The van der Waals surface area contributed by atoms with Crippen molar-refractivity contribution in [2.75, 3.05) is 7.05 Å². The van der Waals surface area contributed by atoms with Crippen LogP contribution >= 0.6 is 11.6 Å². The van der Waals surface area contributed by atoms with Crippen LogP contribution in [0.25, 0.3) is 0 Å². The highest BCUT2D eigenvalue weighted by Gasteiger charge is 2.40. The molecular formula is C18H19ClN4O.